The van der Waals surface area contributed by atoms with Crippen LogP contribution >= 0.6 is 12.4 Å². The van der Waals surface area contributed by atoms with Gasteiger partial charge in [-0.15, -0.1) is 12.4 Å². The molecule has 74 valence electrons. The first-order valence-electron chi connectivity index (χ1n) is 3.82. The van der Waals surface area contributed by atoms with Gasteiger partial charge in [0.1, 0.15) is 11.6 Å². The Morgan fingerprint density at radius 2 is 1.86 bits per heavy atom. The molecule has 14 heavy (non-hydrogen) atoms. The lowest BCUT2D eigenvalue weighted by Crippen LogP contribution is -1.87. The average Bonchev–Trinajstić information content (AvgIpc) is 2.53. The Balaban J connectivity index is 0.000000980. The fraction of sp³-hybridized carbons (Fsp3) is 0. The number of nitrogen functional groups attached to an aromatic ring is 1. The number of hydrogen-bond acceptors (Lipinski definition) is 2. The van der Waals surface area contributed by atoms with Crippen LogP contribution in [0.1, 0.15) is 0 Å². The molecule has 3 nitrogen and oxygen atoms in total. The third-order valence-corrected chi connectivity index (χ3v) is 1.82. The highest BCUT2D eigenvalue weighted by Gasteiger charge is 2.03. The molecule has 1 heterocycles. The first-order chi connectivity index (χ1) is 6.27. The Kier molecular flexibility index (Phi) is 3.09. The smallest absolute Gasteiger partial charge is 0.126 e. The predicted octanol–water partition coefficient (Wildman–Crippen LogP) is 2.22. The number of nitrogens with zero attached hydrogens (tertiary/aromatic N) is 1. The lowest BCUT2D eigenvalue weighted by atomic mass is 10.1. The minimum Gasteiger partial charge on any atom is -0.384 e. The summed E-state index contributed by atoms with van der Waals surface area (Å²) in [5.41, 5.74) is 7.24. The van der Waals surface area contributed by atoms with Crippen LogP contribution in [-0.2, 0) is 0 Å². The van der Waals surface area contributed by atoms with Gasteiger partial charge in [-0.3, -0.25) is 5.10 Å². The van der Waals surface area contributed by atoms with E-state index in [0.717, 1.165) is 11.1 Å². The molecule has 5 heteroatoms. The summed E-state index contributed by atoms with van der Waals surface area (Å²) in [4.78, 5) is 0. The van der Waals surface area contributed by atoms with Gasteiger partial charge in [0, 0.05) is 5.56 Å². The van der Waals surface area contributed by atoms with Gasteiger partial charge in [-0.1, -0.05) is 12.1 Å². The maximum Gasteiger partial charge on any atom is 0.126 e. The zero-order chi connectivity index (χ0) is 9.26. The Morgan fingerprint density at radius 1 is 1.21 bits per heavy atom. The molecule has 0 atom stereocenters. The van der Waals surface area contributed by atoms with Crippen molar-refractivity contribution in [2.45, 2.75) is 0 Å². The molecule has 0 spiro atoms. The summed E-state index contributed by atoms with van der Waals surface area (Å²) < 4.78 is 12.6. The van der Waals surface area contributed by atoms with Gasteiger partial charge in [-0.25, -0.2) is 4.39 Å². The van der Waals surface area contributed by atoms with Gasteiger partial charge in [0.25, 0.3) is 0 Å². The van der Waals surface area contributed by atoms with Crippen LogP contribution in [0, 0.1) is 5.82 Å². The van der Waals surface area contributed by atoms with E-state index in [1.54, 1.807) is 18.3 Å². The topological polar surface area (TPSA) is 54.7 Å². The summed E-state index contributed by atoms with van der Waals surface area (Å²) >= 11 is 0. The van der Waals surface area contributed by atoms with Crippen molar-refractivity contribution in [2.24, 2.45) is 0 Å². The van der Waals surface area contributed by atoms with Crippen LogP contribution in [0.25, 0.3) is 11.1 Å². The molecule has 1 aromatic carbocycles. The number of nitrogens with one attached hydrogen (secondary N) is 1. The predicted molar refractivity (Wildman–Crippen MR) is 55.6 cm³/mol. The van der Waals surface area contributed by atoms with Crippen molar-refractivity contribution >= 4 is 18.2 Å². The van der Waals surface area contributed by atoms with Gasteiger partial charge in [-0.2, -0.15) is 5.10 Å². The normalized spacial score (nSPS) is 9.50. The van der Waals surface area contributed by atoms with Gasteiger partial charge in [0.05, 0.1) is 6.20 Å². The zero-order valence-corrected chi connectivity index (χ0v) is 8.01. The maximum absolute atomic E-state index is 12.6. The van der Waals surface area contributed by atoms with Crippen LogP contribution < -0.4 is 5.73 Å². The Hall–Kier alpha value is -1.55. The van der Waals surface area contributed by atoms with E-state index >= 15 is 0 Å². The van der Waals surface area contributed by atoms with E-state index in [9.17, 15) is 4.39 Å². The number of rotatable bonds is 1. The van der Waals surface area contributed by atoms with Crippen molar-refractivity contribution in [3.05, 3.63) is 36.3 Å². The second kappa shape index (κ2) is 4.11. The highest BCUT2D eigenvalue weighted by molar-refractivity contribution is 5.85. The third kappa shape index (κ3) is 1.85. The van der Waals surface area contributed by atoms with E-state index in [1.165, 1.54) is 12.1 Å². The van der Waals surface area contributed by atoms with E-state index < -0.39 is 0 Å². The van der Waals surface area contributed by atoms with Crippen LogP contribution in [0.3, 0.4) is 0 Å². The van der Waals surface area contributed by atoms with Crippen molar-refractivity contribution in [3.8, 4) is 11.1 Å². The standard InChI is InChI=1S/C9H8FN3.ClH/c10-7-3-1-6(2-4-7)8-5-12-13-9(8)11;/h1-5H,(H3,11,12,13);1H. The molecule has 0 saturated carbocycles. The van der Waals surface area contributed by atoms with Crippen molar-refractivity contribution in [2.75, 3.05) is 5.73 Å². The van der Waals surface area contributed by atoms with Gasteiger partial charge in [-0.05, 0) is 17.7 Å². The molecule has 0 amide bonds. The molecule has 0 aliphatic rings. The number of aromatic nitrogens is 2. The molecule has 2 rings (SSSR count). The summed E-state index contributed by atoms with van der Waals surface area (Å²) in [5, 5.41) is 6.39. The summed E-state index contributed by atoms with van der Waals surface area (Å²) in [6, 6.07) is 6.11. The highest BCUT2D eigenvalue weighted by atomic mass is 35.5. The van der Waals surface area contributed by atoms with Crippen molar-refractivity contribution in [3.63, 3.8) is 0 Å². The first-order valence-corrected chi connectivity index (χ1v) is 3.82. The number of anilines is 1. The fourth-order valence-corrected chi connectivity index (χ4v) is 1.16. The van der Waals surface area contributed by atoms with E-state index in [-0.39, 0.29) is 18.2 Å². The monoisotopic (exact) mass is 213 g/mol. The van der Waals surface area contributed by atoms with Crippen LogP contribution in [0.5, 0.6) is 0 Å². The SMILES string of the molecule is Cl.Nc1[nH]ncc1-c1ccc(F)cc1. The lowest BCUT2D eigenvalue weighted by Gasteiger charge is -1.97. The fourth-order valence-electron chi connectivity index (χ4n) is 1.16. The summed E-state index contributed by atoms with van der Waals surface area (Å²) in [6.07, 6.45) is 1.61. The van der Waals surface area contributed by atoms with Gasteiger partial charge in [0.15, 0.2) is 0 Å². The van der Waals surface area contributed by atoms with E-state index in [1.807, 2.05) is 0 Å². The Morgan fingerprint density at radius 3 is 2.36 bits per heavy atom. The largest absolute Gasteiger partial charge is 0.384 e. The minimum atomic E-state index is -0.259. The molecule has 0 aliphatic carbocycles. The molecular weight excluding hydrogens is 205 g/mol. The number of benzene rings is 1. The summed E-state index contributed by atoms with van der Waals surface area (Å²) in [5.74, 6) is 0.234. The molecule has 0 aliphatic heterocycles. The molecule has 0 saturated heterocycles. The molecular formula is C9H9ClFN3. The second-order valence-electron chi connectivity index (χ2n) is 2.70. The molecule has 0 unspecified atom stereocenters. The van der Waals surface area contributed by atoms with Crippen molar-refractivity contribution in [1.29, 1.82) is 0 Å². The van der Waals surface area contributed by atoms with Crippen molar-refractivity contribution in [1.82, 2.24) is 10.2 Å². The van der Waals surface area contributed by atoms with Gasteiger partial charge < -0.3 is 5.73 Å². The van der Waals surface area contributed by atoms with Crippen LogP contribution in [0.2, 0.25) is 0 Å². The second-order valence-corrected chi connectivity index (χ2v) is 2.70. The Bertz CT molecular complexity index is 410. The van der Waals surface area contributed by atoms with Crippen LogP contribution in [-0.4, -0.2) is 10.2 Å². The van der Waals surface area contributed by atoms with Crippen LogP contribution in [0.4, 0.5) is 10.2 Å². The maximum atomic E-state index is 12.6. The summed E-state index contributed by atoms with van der Waals surface area (Å²) in [7, 11) is 0. The molecule has 3 N–H and O–H groups in total. The van der Waals surface area contributed by atoms with E-state index in [2.05, 4.69) is 10.2 Å². The van der Waals surface area contributed by atoms with Crippen LogP contribution in [0.15, 0.2) is 30.5 Å². The minimum absolute atomic E-state index is 0. The third-order valence-electron chi connectivity index (χ3n) is 1.82. The molecule has 0 bridgehead atoms. The van der Waals surface area contributed by atoms with Crippen molar-refractivity contribution < 1.29 is 4.39 Å². The molecule has 0 fully saturated rings. The molecule has 0 radical (unpaired) electrons. The van der Waals surface area contributed by atoms with E-state index in [4.69, 9.17) is 5.73 Å². The highest BCUT2D eigenvalue weighted by Crippen LogP contribution is 2.23. The number of hydrogen-bond donors (Lipinski definition) is 2. The van der Waals surface area contributed by atoms with Gasteiger partial charge in [0.2, 0.25) is 0 Å². The lowest BCUT2D eigenvalue weighted by molar-refractivity contribution is 0.628. The number of halogens is 2. The molecule has 2 aromatic rings. The zero-order valence-electron chi connectivity index (χ0n) is 7.20. The average molecular weight is 214 g/mol. The first kappa shape index (κ1) is 10.5. The van der Waals surface area contributed by atoms with E-state index in [0.29, 0.717) is 5.82 Å². The summed E-state index contributed by atoms with van der Waals surface area (Å²) in [6.45, 7) is 0. The Labute approximate surface area is 86.5 Å². The molecule has 1 aromatic heterocycles. The number of H-pyrrole nitrogens is 1. The quantitative estimate of drug-likeness (QED) is 0.763. The number of aromatic amines is 1. The van der Waals surface area contributed by atoms with Gasteiger partial charge >= 0.3 is 0 Å². The number of nitrogens with two attached hydrogens (primary N) is 1.